The standard InChI is InChI=1S/C19H19N3O2S/c1-11(2)17(12-3-5-13(6-4-12)18(20)23)22-19(24)14-7-8-15-16(9-14)25-10-21-15/h3-11,17H,1-2H3,(H2,20,23)(H,22,24). The molecule has 3 rings (SSSR count). The molecule has 0 aliphatic carbocycles. The Hall–Kier alpha value is -2.73. The Bertz CT molecular complexity index is 916. The van der Waals surface area contributed by atoms with Gasteiger partial charge in [0.25, 0.3) is 5.91 Å². The van der Waals surface area contributed by atoms with Crippen LogP contribution in [0, 0.1) is 5.92 Å². The Balaban J connectivity index is 1.83. The molecule has 0 aliphatic rings. The van der Waals surface area contributed by atoms with Gasteiger partial charge in [-0.15, -0.1) is 11.3 Å². The van der Waals surface area contributed by atoms with Crippen molar-refractivity contribution in [3.05, 3.63) is 64.7 Å². The first kappa shape index (κ1) is 17.1. The molecule has 0 saturated heterocycles. The van der Waals surface area contributed by atoms with Gasteiger partial charge in [0.1, 0.15) is 0 Å². The van der Waals surface area contributed by atoms with Gasteiger partial charge in [0.05, 0.1) is 21.8 Å². The molecule has 1 unspecified atom stereocenters. The Labute approximate surface area is 149 Å². The molecule has 3 N–H and O–H groups in total. The number of fused-ring (bicyclic) bond motifs is 1. The molecule has 1 atom stereocenters. The van der Waals surface area contributed by atoms with E-state index in [0.29, 0.717) is 11.1 Å². The molecule has 0 spiro atoms. The van der Waals surface area contributed by atoms with Crippen molar-refractivity contribution in [3.8, 4) is 0 Å². The van der Waals surface area contributed by atoms with E-state index in [1.807, 2.05) is 38.1 Å². The maximum absolute atomic E-state index is 12.7. The van der Waals surface area contributed by atoms with Gasteiger partial charge in [-0.2, -0.15) is 0 Å². The molecular formula is C19H19N3O2S. The van der Waals surface area contributed by atoms with Crippen LogP contribution in [0.5, 0.6) is 0 Å². The van der Waals surface area contributed by atoms with Gasteiger partial charge in [0.2, 0.25) is 5.91 Å². The highest BCUT2D eigenvalue weighted by Crippen LogP contribution is 2.24. The second-order valence-corrected chi connectivity index (χ2v) is 7.10. The molecule has 3 aromatic rings. The number of hydrogen-bond acceptors (Lipinski definition) is 4. The zero-order valence-electron chi connectivity index (χ0n) is 14.0. The van der Waals surface area contributed by atoms with Crippen LogP contribution in [0.2, 0.25) is 0 Å². The maximum Gasteiger partial charge on any atom is 0.251 e. The molecule has 5 nitrogen and oxygen atoms in total. The molecule has 0 radical (unpaired) electrons. The SMILES string of the molecule is CC(C)C(NC(=O)c1ccc2ncsc2c1)c1ccc(C(N)=O)cc1. The van der Waals surface area contributed by atoms with E-state index in [9.17, 15) is 9.59 Å². The van der Waals surface area contributed by atoms with Crippen LogP contribution in [0.3, 0.4) is 0 Å². The fraction of sp³-hybridized carbons (Fsp3) is 0.211. The highest BCUT2D eigenvalue weighted by atomic mass is 32.1. The van der Waals surface area contributed by atoms with E-state index < -0.39 is 5.91 Å². The van der Waals surface area contributed by atoms with Gasteiger partial charge in [0, 0.05) is 11.1 Å². The fourth-order valence-electron chi connectivity index (χ4n) is 2.71. The Morgan fingerprint density at radius 2 is 1.76 bits per heavy atom. The second-order valence-electron chi connectivity index (χ2n) is 6.22. The van der Waals surface area contributed by atoms with Crippen molar-refractivity contribution in [1.82, 2.24) is 10.3 Å². The van der Waals surface area contributed by atoms with Gasteiger partial charge < -0.3 is 11.1 Å². The average molecular weight is 353 g/mol. The van der Waals surface area contributed by atoms with Crippen LogP contribution >= 0.6 is 11.3 Å². The lowest BCUT2D eigenvalue weighted by atomic mass is 9.94. The van der Waals surface area contributed by atoms with E-state index in [-0.39, 0.29) is 17.9 Å². The van der Waals surface area contributed by atoms with Crippen LogP contribution in [0.15, 0.2) is 48.0 Å². The van der Waals surface area contributed by atoms with Crippen LogP contribution in [-0.2, 0) is 0 Å². The number of rotatable bonds is 5. The van der Waals surface area contributed by atoms with Crippen molar-refractivity contribution in [1.29, 1.82) is 0 Å². The molecule has 0 saturated carbocycles. The minimum absolute atomic E-state index is 0.132. The lowest BCUT2D eigenvalue weighted by molar-refractivity contribution is 0.0924. The molecule has 25 heavy (non-hydrogen) atoms. The van der Waals surface area contributed by atoms with Gasteiger partial charge in [-0.05, 0) is 41.8 Å². The summed E-state index contributed by atoms with van der Waals surface area (Å²) in [6.07, 6.45) is 0. The molecule has 0 bridgehead atoms. The van der Waals surface area contributed by atoms with Crippen molar-refractivity contribution < 1.29 is 9.59 Å². The van der Waals surface area contributed by atoms with E-state index in [0.717, 1.165) is 15.8 Å². The van der Waals surface area contributed by atoms with Crippen LogP contribution in [0.25, 0.3) is 10.2 Å². The summed E-state index contributed by atoms with van der Waals surface area (Å²) < 4.78 is 0.986. The summed E-state index contributed by atoms with van der Waals surface area (Å²) in [5, 5.41) is 3.08. The van der Waals surface area contributed by atoms with E-state index in [1.165, 1.54) is 11.3 Å². The number of nitrogens with one attached hydrogen (secondary N) is 1. The molecule has 0 fully saturated rings. The van der Waals surface area contributed by atoms with Gasteiger partial charge in [0.15, 0.2) is 0 Å². The van der Waals surface area contributed by atoms with Crippen LogP contribution < -0.4 is 11.1 Å². The summed E-state index contributed by atoms with van der Waals surface area (Å²) >= 11 is 1.51. The number of thiazole rings is 1. The maximum atomic E-state index is 12.7. The summed E-state index contributed by atoms with van der Waals surface area (Å²) in [6, 6.07) is 12.4. The number of aromatic nitrogens is 1. The number of benzene rings is 2. The molecular weight excluding hydrogens is 334 g/mol. The predicted molar refractivity (Wildman–Crippen MR) is 99.6 cm³/mol. The van der Waals surface area contributed by atoms with Crippen molar-refractivity contribution in [2.75, 3.05) is 0 Å². The second kappa shape index (κ2) is 7.03. The number of primary amides is 1. The van der Waals surface area contributed by atoms with Gasteiger partial charge in [-0.3, -0.25) is 9.59 Å². The van der Waals surface area contributed by atoms with Crippen molar-refractivity contribution in [2.24, 2.45) is 11.7 Å². The summed E-state index contributed by atoms with van der Waals surface area (Å²) in [6.45, 7) is 4.08. The normalized spacial score (nSPS) is 12.3. The van der Waals surface area contributed by atoms with Crippen LogP contribution in [0.4, 0.5) is 0 Å². The molecule has 1 heterocycles. The minimum atomic E-state index is -0.463. The minimum Gasteiger partial charge on any atom is -0.366 e. The van der Waals surface area contributed by atoms with Crippen molar-refractivity contribution >= 4 is 33.4 Å². The Kier molecular flexibility index (Phi) is 4.81. The zero-order valence-corrected chi connectivity index (χ0v) is 14.8. The van der Waals surface area contributed by atoms with Crippen molar-refractivity contribution in [2.45, 2.75) is 19.9 Å². The summed E-state index contributed by atoms with van der Waals surface area (Å²) in [7, 11) is 0. The van der Waals surface area contributed by atoms with Crippen LogP contribution in [-0.4, -0.2) is 16.8 Å². The van der Waals surface area contributed by atoms with Crippen LogP contribution in [0.1, 0.15) is 46.2 Å². The first-order valence-corrected chi connectivity index (χ1v) is 8.87. The largest absolute Gasteiger partial charge is 0.366 e. The number of carbonyl (C=O) groups is 2. The predicted octanol–water partition coefficient (Wildman–Crippen LogP) is 3.52. The van der Waals surface area contributed by atoms with Gasteiger partial charge in [-0.25, -0.2) is 4.98 Å². The molecule has 6 heteroatoms. The number of carbonyl (C=O) groups excluding carboxylic acids is 2. The third kappa shape index (κ3) is 3.69. The molecule has 2 aromatic carbocycles. The highest BCUT2D eigenvalue weighted by Gasteiger charge is 2.20. The number of nitrogens with two attached hydrogens (primary N) is 1. The summed E-state index contributed by atoms with van der Waals surface area (Å²) in [5.41, 5.74) is 9.94. The molecule has 0 aliphatic heterocycles. The zero-order chi connectivity index (χ0) is 18.0. The third-order valence-corrected chi connectivity index (χ3v) is 4.89. The molecule has 128 valence electrons. The number of amides is 2. The summed E-state index contributed by atoms with van der Waals surface area (Å²) in [4.78, 5) is 28.1. The lowest BCUT2D eigenvalue weighted by Crippen LogP contribution is -2.31. The highest BCUT2D eigenvalue weighted by molar-refractivity contribution is 7.16. The number of nitrogens with zero attached hydrogens (tertiary/aromatic N) is 1. The van der Waals surface area contributed by atoms with E-state index in [1.54, 1.807) is 23.7 Å². The van der Waals surface area contributed by atoms with Crippen molar-refractivity contribution in [3.63, 3.8) is 0 Å². The Morgan fingerprint density at radius 3 is 2.40 bits per heavy atom. The Morgan fingerprint density at radius 1 is 1.08 bits per heavy atom. The quantitative estimate of drug-likeness (QED) is 0.736. The average Bonchev–Trinajstić information content (AvgIpc) is 3.07. The van der Waals surface area contributed by atoms with Gasteiger partial charge in [-0.1, -0.05) is 26.0 Å². The van der Waals surface area contributed by atoms with E-state index in [4.69, 9.17) is 5.73 Å². The van der Waals surface area contributed by atoms with E-state index >= 15 is 0 Å². The van der Waals surface area contributed by atoms with E-state index in [2.05, 4.69) is 10.3 Å². The first-order chi connectivity index (χ1) is 12.0. The topological polar surface area (TPSA) is 85.1 Å². The first-order valence-electron chi connectivity index (χ1n) is 7.99. The molecule has 1 aromatic heterocycles. The monoisotopic (exact) mass is 353 g/mol. The molecule has 2 amide bonds. The smallest absolute Gasteiger partial charge is 0.251 e. The fourth-order valence-corrected chi connectivity index (χ4v) is 3.43. The third-order valence-electron chi connectivity index (χ3n) is 4.10. The van der Waals surface area contributed by atoms with Gasteiger partial charge >= 0.3 is 0 Å². The lowest BCUT2D eigenvalue weighted by Gasteiger charge is -2.23. The summed E-state index contributed by atoms with van der Waals surface area (Å²) in [5.74, 6) is -0.405. The number of hydrogen-bond donors (Lipinski definition) is 2.